The van der Waals surface area contributed by atoms with Crippen molar-refractivity contribution < 1.29 is 19.2 Å². The Kier molecular flexibility index (Phi) is 4.99. The van der Waals surface area contributed by atoms with Crippen molar-refractivity contribution in [2.75, 3.05) is 0 Å². The van der Waals surface area contributed by atoms with E-state index in [1.54, 1.807) is 6.92 Å². The number of hydrogen-bond donors (Lipinski definition) is 1. The highest BCUT2D eigenvalue weighted by Crippen LogP contribution is 2.26. The fourth-order valence-electron chi connectivity index (χ4n) is 1.56. The summed E-state index contributed by atoms with van der Waals surface area (Å²) in [5, 5.41) is 10.7. The molecule has 7 heteroatoms. The number of esters is 1. The number of benzene rings is 1. The molecule has 0 aliphatic rings. The molecule has 102 valence electrons. The van der Waals surface area contributed by atoms with E-state index in [0.29, 0.717) is 0 Å². The van der Waals surface area contributed by atoms with Crippen LogP contribution in [0.15, 0.2) is 24.3 Å². The van der Waals surface area contributed by atoms with E-state index < -0.39 is 16.8 Å². The maximum Gasteiger partial charge on any atom is 0.311 e. The number of nitro benzene ring substituents is 1. The van der Waals surface area contributed by atoms with Gasteiger partial charge in [0.05, 0.1) is 4.92 Å². The van der Waals surface area contributed by atoms with Crippen molar-refractivity contribution in [3.8, 4) is 5.75 Å². The number of ether oxygens (including phenoxy) is 1. The van der Waals surface area contributed by atoms with Crippen LogP contribution in [0.3, 0.4) is 0 Å². The molecule has 0 bridgehead atoms. The molecule has 0 aliphatic carbocycles. The van der Waals surface area contributed by atoms with Crippen LogP contribution in [0.25, 0.3) is 0 Å². The zero-order valence-corrected chi connectivity index (χ0v) is 10.4. The summed E-state index contributed by atoms with van der Waals surface area (Å²) in [5.74, 6) is -1.52. The first-order valence-electron chi connectivity index (χ1n) is 5.62. The van der Waals surface area contributed by atoms with Crippen LogP contribution in [0.2, 0.25) is 0 Å². The fourth-order valence-corrected chi connectivity index (χ4v) is 1.56. The van der Waals surface area contributed by atoms with Gasteiger partial charge < -0.3 is 10.5 Å². The number of nitrogens with zero attached hydrogens (tertiary/aromatic N) is 1. The van der Waals surface area contributed by atoms with E-state index in [1.807, 2.05) is 0 Å². The molecule has 0 saturated carbocycles. The molecule has 0 unspecified atom stereocenters. The third kappa shape index (κ3) is 4.74. The predicted molar refractivity (Wildman–Crippen MR) is 66.3 cm³/mol. The van der Waals surface area contributed by atoms with Crippen molar-refractivity contribution in [3.05, 3.63) is 34.4 Å². The Morgan fingerprint density at radius 2 is 2.00 bits per heavy atom. The molecule has 0 spiro atoms. The Morgan fingerprint density at radius 3 is 2.58 bits per heavy atom. The minimum atomic E-state index is -0.636. The van der Waals surface area contributed by atoms with Crippen LogP contribution >= 0.6 is 0 Å². The van der Waals surface area contributed by atoms with Crippen LogP contribution in [0.4, 0.5) is 5.69 Å². The summed E-state index contributed by atoms with van der Waals surface area (Å²) in [6, 6.07) is 5.60. The lowest BCUT2D eigenvalue weighted by Gasteiger charge is -2.08. The van der Waals surface area contributed by atoms with Gasteiger partial charge in [0.2, 0.25) is 11.7 Å². The summed E-state index contributed by atoms with van der Waals surface area (Å²) in [5.41, 5.74) is 4.73. The van der Waals surface area contributed by atoms with E-state index in [1.165, 1.54) is 24.3 Å². The minimum Gasteiger partial charge on any atom is -0.419 e. The first-order chi connectivity index (χ1) is 8.90. The van der Waals surface area contributed by atoms with Gasteiger partial charge in [0.15, 0.2) is 0 Å². The largest absolute Gasteiger partial charge is 0.419 e. The van der Waals surface area contributed by atoms with Crippen molar-refractivity contribution in [2.24, 2.45) is 11.7 Å². The van der Waals surface area contributed by atoms with Crippen molar-refractivity contribution >= 4 is 17.6 Å². The Hall–Kier alpha value is -2.44. The molecule has 19 heavy (non-hydrogen) atoms. The highest BCUT2D eigenvalue weighted by Gasteiger charge is 2.19. The number of amides is 1. The van der Waals surface area contributed by atoms with E-state index in [-0.39, 0.29) is 30.2 Å². The van der Waals surface area contributed by atoms with Gasteiger partial charge in [-0.15, -0.1) is 0 Å². The zero-order chi connectivity index (χ0) is 14.4. The van der Waals surface area contributed by atoms with Gasteiger partial charge >= 0.3 is 11.7 Å². The van der Waals surface area contributed by atoms with Gasteiger partial charge in [-0.2, -0.15) is 0 Å². The van der Waals surface area contributed by atoms with Crippen LogP contribution in [-0.4, -0.2) is 16.8 Å². The van der Waals surface area contributed by atoms with Crippen LogP contribution < -0.4 is 10.5 Å². The molecule has 1 amide bonds. The molecule has 0 aromatic heterocycles. The van der Waals surface area contributed by atoms with Gasteiger partial charge in [-0.3, -0.25) is 19.7 Å². The fraction of sp³-hybridized carbons (Fsp3) is 0.333. The second-order valence-electron chi connectivity index (χ2n) is 4.18. The average molecular weight is 266 g/mol. The Morgan fingerprint density at radius 1 is 1.37 bits per heavy atom. The molecule has 1 aromatic rings. The quantitative estimate of drug-likeness (QED) is 0.362. The lowest BCUT2D eigenvalue weighted by Crippen LogP contribution is -2.19. The highest BCUT2D eigenvalue weighted by molar-refractivity contribution is 5.77. The number of carbonyl (C=O) groups is 2. The Balaban J connectivity index is 2.67. The van der Waals surface area contributed by atoms with Gasteiger partial charge in [0.25, 0.3) is 0 Å². The first-order valence-corrected chi connectivity index (χ1v) is 5.62. The Labute approximate surface area is 109 Å². The van der Waals surface area contributed by atoms with E-state index in [2.05, 4.69) is 0 Å². The second kappa shape index (κ2) is 6.48. The van der Waals surface area contributed by atoms with Gasteiger partial charge in [0, 0.05) is 18.9 Å². The molecule has 0 aliphatic heterocycles. The normalized spacial score (nSPS) is 11.6. The summed E-state index contributed by atoms with van der Waals surface area (Å²) >= 11 is 0. The van der Waals surface area contributed by atoms with Crippen LogP contribution in [0.1, 0.15) is 19.8 Å². The van der Waals surface area contributed by atoms with E-state index in [0.717, 1.165) is 0 Å². The Bertz CT molecular complexity index is 501. The average Bonchev–Trinajstić information content (AvgIpc) is 2.27. The number of nitrogens with two attached hydrogens (primary N) is 1. The SMILES string of the molecule is C[C@@H](CC(N)=O)CC(=O)Oc1ccccc1[N+](=O)[O-]. The first kappa shape index (κ1) is 14.6. The molecule has 1 rings (SSSR count). The number of nitro groups is 1. The molecule has 2 N–H and O–H groups in total. The molecular formula is C12H14N2O5. The molecule has 1 aromatic carbocycles. The molecule has 0 fully saturated rings. The summed E-state index contributed by atoms with van der Waals surface area (Å²) in [4.78, 5) is 32.4. The topological polar surface area (TPSA) is 113 Å². The van der Waals surface area contributed by atoms with Gasteiger partial charge in [0.1, 0.15) is 0 Å². The van der Waals surface area contributed by atoms with Crippen molar-refractivity contribution in [1.29, 1.82) is 0 Å². The van der Waals surface area contributed by atoms with E-state index >= 15 is 0 Å². The van der Waals surface area contributed by atoms with Crippen LogP contribution in [0, 0.1) is 16.0 Å². The third-order valence-electron chi connectivity index (χ3n) is 2.35. The smallest absolute Gasteiger partial charge is 0.311 e. The molecule has 0 saturated heterocycles. The summed E-state index contributed by atoms with van der Waals surface area (Å²) in [6.07, 6.45) is 0.0287. The predicted octanol–water partition coefficient (Wildman–Crippen LogP) is 1.40. The van der Waals surface area contributed by atoms with Gasteiger partial charge in [-0.1, -0.05) is 19.1 Å². The molecule has 0 radical (unpaired) electrons. The standard InChI is InChI=1S/C12H14N2O5/c1-8(6-11(13)15)7-12(16)19-10-5-3-2-4-9(10)14(17)18/h2-5,8H,6-7H2,1H3,(H2,13,15)/t8-/m0/s1. The number of para-hydroxylation sites is 2. The van der Waals surface area contributed by atoms with Crippen LogP contribution in [-0.2, 0) is 9.59 Å². The van der Waals surface area contributed by atoms with Gasteiger partial charge in [-0.05, 0) is 12.0 Å². The number of hydrogen-bond acceptors (Lipinski definition) is 5. The van der Waals surface area contributed by atoms with E-state index in [9.17, 15) is 19.7 Å². The highest BCUT2D eigenvalue weighted by atomic mass is 16.6. The maximum absolute atomic E-state index is 11.6. The van der Waals surface area contributed by atoms with Crippen molar-refractivity contribution in [1.82, 2.24) is 0 Å². The number of primary amides is 1. The number of rotatable bonds is 6. The monoisotopic (exact) mass is 266 g/mol. The zero-order valence-electron chi connectivity index (χ0n) is 10.4. The third-order valence-corrected chi connectivity index (χ3v) is 2.35. The minimum absolute atomic E-state index is 0.0327. The van der Waals surface area contributed by atoms with Crippen molar-refractivity contribution in [3.63, 3.8) is 0 Å². The summed E-state index contributed by atoms with van der Waals surface area (Å²) in [7, 11) is 0. The second-order valence-corrected chi connectivity index (χ2v) is 4.18. The molecule has 0 heterocycles. The van der Waals surface area contributed by atoms with Gasteiger partial charge in [-0.25, -0.2) is 0 Å². The number of carbonyl (C=O) groups excluding carboxylic acids is 2. The summed E-state index contributed by atoms with van der Waals surface area (Å²) in [6.45, 7) is 1.67. The van der Waals surface area contributed by atoms with Crippen LogP contribution in [0.5, 0.6) is 5.75 Å². The summed E-state index contributed by atoms with van der Waals surface area (Å²) < 4.78 is 4.93. The molecule has 1 atom stereocenters. The van der Waals surface area contributed by atoms with E-state index in [4.69, 9.17) is 10.5 Å². The lowest BCUT2D eigenvalue weighted by molar-refractivity contribution is -0.385. The lowest BCUT2D eigenvalue weighted by atomic mass is 10.0. The molecule has 7 nitrogen and oxygen atoms in total. The van der Waals surface area contributed by atoms with Crippen molar-refractivity contribution in [2.45, 2.75) is 19.8 Å². The maximum atomic E-state index is 11.6. The molecular weight excluding hydrogens is 252 g/mol.